The van der Waals surface area contributed by atoms with Gasteiger partial charge >= 0.3 is 7.82 Å². The van der Waals surface area contributed by atoms with Crippen LogP contribution in [-0.4, -0.2) is 69.6 Å². The number of benzene rings is 1. The standard InChI is InChI=1S/C40H76NO6P/c1-38(2)29-23-18-14-10-8-6-7-9-12-16-20-27-33-44-36-40(45-35-39-30-24-22-25-31-39)37-47-48(42,43)46-34-28-21-17-13-11-15-19-26-32-41(3,4)5/h22,24-25,30-31,38,40H,6-21,23,26-29,32-37H2,1-5H3/p+1. The molecule has 1 rings (SSSR count). The van der Waals surface area contributed by atoms with E-state index in [1.165, 1.54) is 116 Å². The molecule has 0 aliphatic heterocycles. The van der Waals surface area contributed by atoms with E-state index in [-0.39, 0.29) is 13.2 Å². The number of rotatable bonds is 35. The first-order valence-corrected chi connectivity index (χ1v) is 21.2. The molecule has 0 heterocycles. The van der Waals surface area contributed by atoms with Crippen molar-refractivity contribution in [2.75, 3.05) is 54.1 Å². The van der Waals surface area contributed by atoms with Gasteiger partial charge in [-0.25, -0.2) is 4.57 Å². The van der Waals surface area contributed by atoms with Gasteiger partial charge in [0.1, 0.15) is 6.10 Å². The van der Waals surface area contributed by atoms with E-state index in [2.05, 4.69) is 35.0 Å². The summed E-state index contributed by atoms with van der Waals surface area (Å²) in [5.74, 6) is 0.846. The van der Waals surface area contributed by atoms with E-state index in [1.807, 2.05) is 30.3 Å². The van der Waals surface area contributed by atoms with Crippen LogP contribution in [0.5, 0.6) is 0 Å². The Morgan fingerprint density at radius 1 is 0.625 bits per heavy atom. The molecule has 0 saturated heterocycles. The minimum atomic E-state index is -4.15. The fraction of sp³-hybridized carbons (Fsp3) is 0.850. The molecule has 7 nitrogen and oxygen atoms in total. The van der Waals surface area contributed by atoms with Gasteiger partial charge in [-0.1, -0.05) is 153 Å². The number of quaternary nitrogens is 1. The Morgan fingerprint density at radius 3 is 1.62 bits per heavy atom. The molecular weight excluding hydrogens is 621 g/mol. The molecule has 0 aromatic heterocycles. The van der Waals surface area contributed by atoms with Crippen LogP contribution in [0, 0.1) is 5.92 Å². The summed E-state index contributed by atoms with van der Waals surface area (Å²) in [6.07, 6.45) is 25.9. The molecule has 1 aromatic rings. The number of unbranched alkanes of at least 4 members (excludes halogenated alkanes) is 18. The average molecular weight is 699 g/mol. The van der Waals surface area contributed by atoms with Gasteiger partial charge < -0.3 is 18.9 Å². The van der Waals surface area contributed by atoms with Crippen LogP contribution in [-0.2, 0) is 29.7 Å². The highest BCUT2D eigenvalue weighted by atomic mass is 31.2. The van der Waals surface area contributed by atoms with Crippen molar-refractivity contribution in [3.63, 3.8) is 0 Å². The van der Waals surface area contributed by atoms with Gasteiger partial charge in [0.15, 0.2) is 0 Å². The number of ether oxygens (including phenoxy) is 2. The molecule has 2 unspecified atom stereocenters. The minimum Gasteiger partial charge on any atom is -0.379 e. The van der Waals surface area contributed by atoms with Gasteiger partial charge in [0.05, 0.1) is 54.1 Å². The third-order valence-electron chi connectivity index (χ3n) is 8.85. The molecule has 0 saturated carbocycles. The summed E-state index contributed by atoms with van der Waals surface area (Å²) in [4.78, 5) is 10.3. The van der Waals surface area contributed by atoms with Gasteiger partial charge in [0.25, 0.3) is 0 Å². The fourth-order valence-electron chi connectivity index (χ4n) is 5.82. The number of hydrogen-bond donors (Lipinski definition) is 1. The summed E-state index contributed by atoms with van der Waals surface area (Å²) in [6, 6.07) is 9.92. The van der Waals surface area contributed by atoms with Gasteiger partial charge in [-0.2, -0.15) is 0 Å². The molecule has 0 aliphatic carbocycles. The lowest BCUT2D eigenvalue weighted by atomic mass is 10.0. The molecule has 0 aliphatic rings. The Bertz CT molecular complexity index is 878. The molecule has 0 spiro atoms. The van der Waals surface area contributed by atoms with Crippen LogP contribution in [0.3, 0.4) is 0 Å². The summed E-state index contributed by atoms with van der Waals surface area (Å²) in [5, 5.41) is 0. The highest BCUT2D eigenvalue weighted by Gasteiger charge is 2.24. The van der Waals surface area contributed by atoms with Crippen LogP contribution in [0.25, 0.3) is 0 Å². The van der Waals surface area contributed by atoms with Crippen LogP contribution in [0.2, 0.25) is 0 Å². The second-order valence-electron chi connectivity index (χ2n) is 15.4. The van der Waals surface area contributed by atoms with Crippen molar-refractivity contribution in [2.45, 2.75) is 161 Å². The molecule has 0 fully saturated rings. The van der Waals surface area contributed by atoms with E-state index in [9.17, 15) is 9.46 Å². The van der Waals surface area contributed by atoms with Gasteiger partial charge in [0, 0.05) is 6.61 Å². The topological polar surface area (TPSA) is 74.2 Å². The zero-order valence-electron chi connectivity index (χ0n) is 32.0. The highest BCUT2D eigenvalue weighted by molar-refractivity contribution is 7.47. The lowest BCUT2D eigenvalue weighted by Gasteiger charge is -2.23. The molecule has 2 atom stereocenters. The summed E-state index contributed by atoms with van der Waals surface area (Å²) >= 11 is 0. The Labute approximate surface area is 297 Å². The van der Waals surface area contributed by atoms with Crippen molar-refractivity contribution >= 4 is 7.82 Å². The maximum absolute atomic E-state index is 12.5. The highest BCUT2D eigenvalue weighted by Crippen LogP contribution is 2.43. The zero-order valence-corrected chi connectivity index (χ0v) is 32.9. The van der Waals surface area contributed by atoms with Crippen molar-refractivity contribution in [2.24, 2.45) is 5.92 Å². The summed E-state index contributed by atoms with van der Waals surface area (Å²) < 4.78 is 36.2. The van der Waals surface area contributed by atoms with Crippen LogP contribution in [0.1, 0.15) is 154 Å². The predicted molar refractivity (Wildman–Crippen MR) is 202 cm³/mol. The molecule has 1 N–H and O–H groups in total. The van der Waals surface area contributed by atoms with Crippen molar-refractivity contribution in [3.05, 3.63) is 35.9 Å². The van der Waals surface area contributed by atoms with Gasteiger partial charge in [0.2, 0.25) is 0 Å². The second-order valence-corrected chi connectivity index (χ2v) is 16.8. The fourth-order valence-corrected chi connectivity index (χ4v) is 6.60. The smallest absolute Gasteiger partial charge is 0.379 e. The Morgan fingerprint density at radius 2 is 1.10 bits per heavy atom. The summed E-state index contributed by atoms with van der Waals surface area (Å²) in [6.45, 7) is 7.41. The molecule has 0 radical (unpaired) electrons. The van der Waals surface area contributed by atoms with Crippen LogP contribution >= 0.6 is 7.82 Å². The van der Waals surface area contributed by atoms with Crippen molar-refractivity contribution in [1.82, 2.24) is 0 Å². The van der Waals surface area contributed by atoms with E-state index in [0.717, 1.165) is 41.6 Å². The minimum absolute atomic E-state index is 0.0490. The largest absolute Gasteiger partial charge is 0.472 e. The molecule has 1 aromatic carbocycles. The van der Waals surface area contributed by atoms with E-state index >= 15 is 0 Å². The molecule has 282 valence electrons. The number of nitrogens with zero attached hydrogens (tertiary/aromatic N) is 1. The van der Waals surface area contributed by atoms with Crippen LogP contribution in [0.15, 0.2) is 30.3 Å². The maximum atomic E-state index is 12.5. The van der Waals surface area contributed by atoms with E-state index < -0.39 is 13.9 Å². The quantitative estimate of drug-likeness (QED) is 0.0432. The van der Waals surface area contributed by atoms with E-state index in [4.69, 9.17) is 18.5 Å². The van der Waals surface area contributed by atoms with E-state index in [1.54, 1.807) is 0 Å². The first-order valence-electron chi connectivity index (χ1n) is 19.7. The molecule has 48 heavy (non-hydrogen) atoms. The van der Waals surface area contributed by atoms with Crippen LogP contribution in [0.4, 0.5) is 0 Å². The first kappa shape index (κ1) is 45.2. The Kier molecular flexibility index (Phi) is 28.2. The molecular formula is C40H77NO6P+. The maximum Gasteiger partial charge on any atom is 0.472 e. The zero-order chi connectivity index (χ0) is 35.2. The molecule has 8 heteroatoms. The third-order valence-corrected chi connectivity index (χ3v) is 9.84. The lowest BCUT2D eigenvalue weighted by Crippen LogP contribution is -2.35. The third kappa shape index (κ3) is 31.2. The molecule has 0 amide bonds. The van der Waals surface area contributed by atoms with Gasteiger partial charge in [-0.15, -0.1) is 0 Å². The second kappa shape index (κ2) is 29.9. The van der Waals surface area contributed by atoms with Crippen molar-refractivity contribution in [1.29, 1.82) is 0 Å². The summed E-state index contributed by atoms with van der Waals surface area (Å²) in [7, 11) is 2.59. The average Bonchev–Trinajstić information content (AvgIpc) is 3.04. The Balaban J connectivity index is 2.15. The number of phosphoric ester groups is 1. The van der Waals surface area contributed by atoms with Crippen LogP contribution < -0.4 is 0 Å². The SMILES string of the molecule is CC(C)CCCCCCCCCCCCCCOCC(COP(=O)(O)OCCCCCCCCCC[N+](C)(C)C)OCc1ccccc1. The monoisotopic (exact) mass is 699 g/mol. The normalized spacial score (nSPS) is 14.1. The van der Waals surface area contributed by atoms with Gasteiger partial charge in [-0.3, -0.25) is 9.05 Å². The predicted octanol–water partition coefficient (Wildman–Crippen LogP) is 11.3. The lowest BCUT2D eigenvalue weighted by molar-refractivity contribution is -0.870. The van der Waals surface area contributed by atoms with Crippen molar-refractivity contribution in [3.8, 4) is 0 Å². The summed E-state index contributed by atoms with van der Waals surface area (Å²) in [5.41, 5.74) is 1.04. The first-order chi connectivity index (χ1) is 23.1. The number of phosphoric acid groups is 1. The van der Waals surface area contributed by atoms with Gasteiger partial charge in [-0.05, 0) is 37.2 Å². The number of hydrogen-bond acceptors (Lipinski definition) is 5. The Hall–Kier alpha value is -0.790. The van der Waals surface area contributed by atoms with Crippen molar-refractivity contribution < 1.29 is 32.5 Å². The molecule has 0 bridgehead atoms. The van der Waals surface area contributed by atoms with E-state index in [0.29, 0.717) is 19.8 Å².